The molecule has 3 atom stereocenters. The molecule has 1 amide bonds. The minimum Gasteiger partial charge on any atom is -0.377 e. The van der Waals surface area contributed by atoms with E-state index < -0.39 is 0 Å². The number of hydrogen-bond donors (Lipinski definition) is 1. The molecular formula is C19H26N2O2S. The summed E-state index contributed by atoms with van der Waals surface area (Å²) in [5.74, 6) is 0.906. The van der Waals surface area contributed by atoms with Crippen molar-refractivity contribution in [2.45, 2.75) is 57.2 Å². The lowest BCUT2D eigenvalue weighted by molar-refractivity contribution is -0.140. The number of fused-ring (bicyclic) bond motifs is 3. The fourth-order valence-corrected chi connectivity index (χ4v) is 6.67. The maximum atomic E-state index is 12.7. The normalized spacial score (nSPS) is 33.3. The highest BCUT2D eigenvalue weighted by Gasteiger charge is 2.64. The molecule has 1 saturated heterocycles. The summed E-state index contributed by atoms with van der Waals surface area (Å²) in [5, 5.41) is 5.82. The van der Waals surface area contributed by atoms with Crippen LogP contribution in [0.1, 0.15) is 42.5 Å². The van der Waals surface area contributed by atoms with Gasteiger partial charge in [0.1, 0.15) is 0 Å². The standard InChI is InChI=1S/C19H26N2O2S/c22-16(21-8-3-15-13(12-21)5-10-24-15)11-20-17-14-4-9-23-18(14)19(17)6-1-2-7-19/h5,10,14,17-18,20H,1-4,6-9,11-12H2/t14-,17-,18-/m1/s1. The zero-order valence-electron chi connectivity index (χ0n) is 14.1. The number of hydrogen-bond acceptors (Lipinski definition) is 4. The second-order valence-electron chi connectivity index (χ2n) is 7.98. The fourth-order valence-electron chi connectivity index (χ4n) is 5.78. The molecule has 2 aliphatic carbocycles. The maximum absolute atomic E-state index is 12.7. The molecule has 24 heavy (non-hydrogen) atoms. The van der Waals surface area contributed by atoms with Gasteiger partial charge in [-0.2, -0.15) is 0 Å². The Labute approximate surface area is 147 Å². The summed E-state index contributed by atoms with van der Waals surface area (Å²) in [6.45, 7) is 3.08. The van der Waals surface area contributed by atoms with Gasteiger partial charge in [-0.15, -0.1) is 11.3 Å². The second kappa shape index (κ2) is 5.82. The summed E-state index contributed by atoms with van der Waals surface area (Å²) in [6, 6.07) is 2.67. The highest BCUT2D eigenvalue weighted by atomic mass is 32.1. The van der Waals surface area contributed by atoms with Crippen LogP contribution >= 0.6 is 11.3 Å². The van der Waals surface area contributed by atoms with Gasteiger partial charge < -0.3 is 15.0 Å². The Hall–Kier alpha value is -0.910. The van der Waals surface area contributed by atoms with E-state index in [9.17, 15) is 4.79 Å². The van der Waals surface area contributed by atoms with Crippen LogP contribution < -0.4 is 5.32 Å². The van der Waals surface area contributed by atoms with Crippen LogP contribution in [0.5, 0.6) is 0 Å². The highest BCUT2D eigenvalue weighted by Crippen LogP contribution is 2.60. The smallest absolute Gasteiger partial charge is 0.236 e. The first-order valence-corrected chi connectivity index (χ1v) is 10.3. The Morgan fingerprint density at radius 2 is 2.29 bits per heavy atom. The van der Waals surface area contributed by atoms with E-state index in [-0.39, 0.29) is 5.91 Å². The van der Waals surface area contributed by atoms with Crippen molar-refractivity contribution in [3.05, 3.63) is 21.9 Å². The summed E-state index contributed by atoms with van der Waals surface area (Å²) in [7, 11) is 0. The molecule has 1 aromatic heterocycles. The van der Waals surface area contributed by atoms with Gasteiger partial charge in [-0.1, -0.05) is 12.8 Å². The second-order valence-corrected chi connectivity index (χ2v) is 8.98. The van der Waals surface area contributed by atoms with Crippen LogP contribution in [0.25, 0.3) is 0 Å². The van der Waals surface area contributed by atoms with Crippen molar-refractivity contribution in [1.82, 2.24) is 10.2 Å². The molecule has 0 bridgehead atoms. The number of amides is 1. The lowest BCUT2D eigenvalue weighted by atomic mass is 9.54. The van der Waals surface area contributed by atoms with E-state index in [1.165, 1.54) is 42.5 Å². The third kappa shape index (κ3) is 2.21. The summed E-state index contributed by atoms with van der Waals surface area (Å²) in [6.07, 6.45) is 7.86. The van der Waals surface area contributed by atoms with Gasteiger partial charge in [-0.05, 0) is 42.7 Å². The van der Waals surface area contributed by atoms with Gasteiger partial charge in [-0.25, -0.2) is 0 Å². The Bertz CT molecular complexity index is 637. The topological polar surface area (TPSA) is 41.6 Å². The Morgan fingerprint density at radius 3 is 3.17 bits per heavy atom. The van der Waals surface area contributed by atoms with E-state index in [1.807, 2.05) is 16.2 Å². The SMILES string of the molecule is O=C(CN[C@@H]1[C@H]2CCO[C@H]2C12CCCC2)N1CCc2sccc2C1. The van der Waals surface area contributed by atoms with E-state index in [4.69, 9.17) is 4.74 Å². The molecule has 1 aromatic rings. The molecule has 5 heteroatoms. The van der Waals surface area contributed by atoms with Crippen molar-refractivity contribution in [2.24, 2.45) is 11.3 Å². The quantitative estimate of drug-likeness (QED) is 0.915. The summed E-state index contributed by atoms with van der Waals surface area (Å²) in [5.41, 5.74) is 1.68. The van der Waals surface area contributed by atoms with E-state index in [2.05, 4.69) is 16.8 Å². The van der Waals surface area contributed by atoms with Crippen molar-refractivity contribution < 1.29 is 9.53 Å². The molecule has 5 rings (SSSR count). The first-order valence-electron chi connectivity index (χ1n) is 9.46. The molecule has 0 radical (unpaired) electrons. The molecule has 0 unspecified atom stereocenters. The van der Waals surface area contributed by atoms with Crippen LogP contribution in [0.2, 0.25) is 0 Å². The third-order valence-corrected chi connectivity index (χ3v) is 7.94. The van der Waals surface area contributed by atoms with Gasteiger partial charge in [0.25, 0.3) is 0 Å². The van der Waals surface area contributed by atoms with Crippen molar-refractivity contribution in [3.63, 3.8) is 0 Å². The summed E-state index contributed by atoms with van der Waals surface area (Å²) < 4.78 is 6.04. The van der Waals surface area contributed by atoms with E-state index >= 15 is 0 Å². The van der Waals surface area contributed by atoms with Crippen LogP contribution in [-0.2, 0) is 22.5 Å². The predicted octanol–water partition coefficient (Wildman–Crippen LogP) is 2.57. The van der Waals surface area contributed by atoms with Crippen LogP contribution in [0.15, 0.2) is 11.4 Å². The van der Waals surface area contributed by atoms with Crippen molar-refractivity contribution in [2.75, 3.05) is 19.7 Å². The number of thiophene rings is 1. The minimum atomic E-state index is 0.266. The van der Waals surface area contributed by atoms with Crippen LogP contribution in [0, 0.1) is 11.3 Å². The lowest BCUT2D eigenvalue weighted by Gasteiger charge is -2.57. The van der Waals surface area contributed by atoms with Crippen molar-refractivity contribution >= 4 is 17.2 Å². The van der Waals surface area contributed by atoms with Crippen molar-refractivity contribution in [3.8, 4) is 0 Å². The van der Waals surface area contributed by atoms with Crippen LogP contribution in [-0.4, -0.2) is 42.6 Å². The Kier molecular flexibility index (Phi) is 3.72. The average Bonchev–Trinajstić information content (AvgIpc) is 3.33. The zero-order chi connectivity index (χ0) is 16.1. The number of ether oxygens (including phenoxy) is 1. The molecule has 3 fully saturated rings. The van der Waals surface area contributed by atoms with Gasteiger partial charge in [0.2, 0.25) is 5.91 Å². The highest BCUT2D eigenvalue weighted by molar-refractivity contribution is 7.10. The summed E-state index contributed by atoms with van der Waals surface area (Å²) >= 11 is 1.83. The van der Waals surface area contributed by atoms with Gasteiger partial charge in [0, 0.05) is 41.9 Å². The lowest BCUT2D eigenvalue weighted by Crippen LogP contribution is -2.68. The van der Waals surface area contributed by atoms with Crippen LogP contribution in [0.4, 0.5) is 0 Å². The fraction of sp³-hybridized carbons (Fsp3) is 0.737. The Balaban J connectivity index is 1.22. The minimum absolute atomic E-state index is 0.266. The van der Waals surface area contributed by atoms with E-state index in [1.54, 1.807) is 0 Å². The maximum Gasteiger partial charge on any atom is 0.236 e. The van der Waals surface area contributed by atoms with Gasteiger partial charge in [-0.3, -0.25) is 4.79 Å². The number of carbonyl (C=O) groups is 1. The molecule has 1 N–H and O–H groups in total. The zero-order valence-corrected chi connectivity index (χ0v) is 14.9. The molecular weight excluding hydrogens is 320 g/mol. The molecule has 4 nitrogen and oxygen atoms in total. The number of rotatable bonds is 3. The average molecular weight is 346 g/mol. The molecule has 2 saturated carbocycles. The van der Waals surface area contributed by atoms with Crippen LogP contribution in [0.3, 0.4) is 0 Å². The summed E-state index contributed by atoms with van der Waals surface area (Å²) in [4.78, 5) is 16.2. The number of carbonyl (C=O) groups excluding carboxylic acids is 1. The monoisotopic (exact) mass is 346 g/mol. The van der Waals surface area contributed by atoms with Gasteiger partial charge in [0.05, 0.1) is 12.6 Å². The Morgan fingerprint density at radius 1 is 1.42 bits per heavy atom. The predicted molar refractivity (Wildman–Crippen MR) is 94.0 cm³/mol. The van der Waals surface area contributed by atoms with Gasteiger partial charge >= 0.3 is 0 Å². The molecule has 4 aliphatic rings. The van der Waals surface area contributed by atoms with E-state index in [0.717, 1.165) is 26.1 Å². The molecule has 130 valence electrons. The van der Waals surface area contributed by atoms with Crippen molar-refractivity contribution in [1.29, 1.82) is 0 Å². The molecule has 0 aromatic carbocycles. The molecule has 2 aliphatic heterocycles. The first-order chi connectivity index (χ1) is 11.8. The molecule has 1 spiro atoms. The van der Waals surface area contributed by atoms with Gasteiger partial charge in [0.15, 0.2) is 0 Å². The number of nitrogens with zero attached hydrogens (tertiary/aromatic N) is 1. The first kappa shape index (κ1) is 15.4. The van der Waals surface area contributed by atoms with E-state index in [0.29, 0.717) is 30.0 Å². The third-order valence-electron chi connectivity index (χ3n) is 6.92. The molecule has 3 heterocycles. The largest absolute Gasteiger partial charge is 0.377 e. The number of nitrogens with one attached hydrogen (secondary N) is 1.